The van der Waals surface area contributed by atoms with Crippen LogP contribution in [0.1, 0.15) is 5.56 Å². The molecule has 0 radical (unpaired) electrons. The number of nitrogens with one attached hydrogen (secondary N) is 2. The zero-order chi connectivity index (χ0) is 20.1. The maximum Gasteiger partial charge on any atom is 0.350 e. The van der Waals surface area contributed by atoms with E-state index in [4.69, 9.17) is 0 Å². The predicted molar refractivity (Wildman–Crippen MR) is 115 cm³/mol. The summed E-state index contributed by atoms with van der Waals surface area (Å²) in [6.07, 6.45) is 0. The lowest BCUT2D eigenvalue weighted by Gasteiger charge is -2.14. The van der Waals surface area contributed by atoms with Crippen molar-refractivity contribution in [3.05, 3.63) is 101 Å². The van der Waals surface area contributed by atoms with Crippen molar-refractivity contribution in [3.8, 4) is 0 Å². The normalized spacial score (nSPS) is 10.6. The molecule has 29 heavy (non-hydrogen) atoms. The number of amides is 1. The maximum absolute atomic E-state index is 12.7. The number of carbonyl (C=O) groups is 1. The Labute approximate surface area is 167 Å². The Morgan fingerprint density at radius 3 is 2.28 bits per heavy atom. The van der Waals surface area contributed by atoms with E-state index in [-0.39, 0.29) is 12.5 Å². The van der Waals surface area contributed by atoms with Gasteiger partial charge in [-0.3, -0.25) is 9.36 Å². The first-order valence-corrected chi connectivity index (χ1v) is 9.33. The lowest BCUT2D eigenvalue weighted by atomic mass is 10.2. The third kappa shape index (κ3) is 4.32. The number of hydrogen-bond acceptors (Lipinski definition) is 4. The molecule has 0 aliphatic heterocycles. The number of anilines is 2. The fraction of sp³-hybridized carbons (Fsp3) is 0.0870. The van der Waals surface area contributed by atoms with Crippen molar-refractivity contribution >= 4 is 28.3 Å². The number of carbonyl (C=O) groups excluding carboxylic acids is 1. The molecule has 0 aliphatic carbocycles. The van der Waals surface area contributed by atoms with Crippen LogP contribution in [0.3, 0.4) is 0 Å². The molecule has 144 valence electrons. The Kier molecular flexibility index (Phi) is 5.33. The van der Waals surface area contributed by atoms with E-state index >= 15 is 0 Å². The second kappa shape index (κ2) is 8.39. The second-order valence-corrected chi connectivity index (χ2v) is 6.60. The topological polar surface area (TPSA) is 76.0 Å². The third-order valence-electron chi connectivity index (χ3n) is 4.55. The molecule has 4 aromatic rings. The Morgan fingerprint density at radius 2 is 1.52 bits per heavy atom. The second-order valence-electron chi connectivity index (χ2n) is 6.60. The van der Waals surface area contributed by atoms with E-state index in [1.165, 1.54) is 4.57 Å². The third-order valence-corrected chi connectivity index (χ3v) is 4.55. The van der Waals surface area contributed by atoms with Crippen molar-refractivity contribution in [1.82, 2.24) is 9.55 Å². The van der Waals surface area contributed by atoms with Gasteiger partial charge in [-0.15, -0.1) is 0 Å². The molecule has 0 atom stereocenters. The number of nitrogens with zero attached hydrogens (tertiary/aromatic N) is 2. The molecule has 0 saturated carbocycles. The number of fused-ring (bicyclic) bond motifs is 1. The highest BCUT2D eigenvalue weighted by molar-refractivity contribution is 5.93. The van der Waals surface area contributed by atoms with Gasteiger partial charge in [-0.25, -0.2) is 4.79 Å². The molecule has 6 nitrogen and oxygen atoms in total. The molecular formula is C23H20N4O2. The Bertz CT molecular complexity index is 1190. The Hall–Kier alpha value is -3.93. The van der Waals surface area contributed by atoms with Crippen LogP contribution in [0.2, 0.25) is 0 Å². The highest BCUT2D eigenvalue weighted by Gasteiger charge is 2.13. The summed E-state index contributed by atoms with van der Waals surface area (Å²) in [6, 6.07) is 26.5. The zero-order valence-electron chi connectivity index (χ0n) is 15.7. The van der Waals surface area contributed by atoms with Gasteiger partial charge in [-0.1, -0.05) is 60.7 Å². The summed E-state index contributed by atoms with van der Waals surface area (Å²) in [7, 11) is 0. The summed E-state index contributed by atoms with van der Waals surface area (Å²) < 4.78 is 1.39. The Balaban J connectivity index is 1.61. The number of rotatable bonds is 6. The summed E-state index contributed by atoms with van der Waals surface area (Å²) in [4.78, 5) is 29.3. The average molecular weight is 384 g/mol. The number of aromatic nitrogens is 2. The molecule has 4 rings (SSSR count). The molecule has 0 aliphatic rings. The van der Waals surface area contributed by atoms with Crippen LogP contribution in [0.15, 0.2) is 89.7 Å². The molecule has 1 aromatic heterocycles. The number of hydrogen-bond donors (Lipinski definition) is 2. The fourth-order valence-corrected chi connectivity index (χ4v) is 3.16. The summed E-state index contributed by atoms with van der Waals surface area (Å²) in [5.74, 6) is 0.226. The molecule has 0 spiro atoms. The predicted octanol–water partition coefficient (Wildman–Crippen LogP) is 3.65. The highest BCUT2D eigenvalue weighted by Crippen LogP contribution is 2.20. The zero-order valence-corrected chi connectivity index (χ0v) is 15.7. The molecule has 1 amide bonds. The minimum atomic E-state index is -0.470. The van der Waals surface area contributed by atoms with Gasteiger partial charge in [-0.2, -0.15) is 4.98 Å². The van der Waals surface area contributed by atoms with Crippen LogP contribution in [-0.4, -0.2) is 15.5 Å². The van der Waals surface area contributed by atoms with Gasteiger partial charge < -0.3 is 10.6 Å². The fourth-order valence-electron chi connectivity index (χ4n) is 3.16. The first-order valence-electron chi connectivity index (χ1n) is 9.33. The van der Waals surface area contributed by atoms with E-state index in [1.54, 1.807) is 12.1 Å². The standard InChI is InChI=1S/C23H20N4O2/c28-21(25-18-11-5-2-6-12-18)16-27-20-14-8-7-13-19(20)22(26-23(27)29)24-15-17-9-3-1-4-10-17/h1-14H,15-16H2,(H,25,28)(H,24,26,29). The van der Waals surface area contributed by atoms with Gasteiger partial charge in [0.05, 0.1) is 5.52 Å². The van der Waals surface area contributed by atoms with Gasteiger partial charge in [0, 0.05) is 17.6 Å². The van der Waals surface area contributed by atoms with Gasteiger partial charge in [0.1, 0.15) is 12.4 Å². The van der Waals surface area contributed by atoms with Crippen LogP contribution in [0, 0.1) is 0 Å². The molecule has 2 N–H and O–H groups in total. The average Bonchev–Trinajstić information content (AvgIpc) is 2.76. The first kappa shape index (κ1) is 18.4. The van der Waals surface area contributed by atoms with E-state index in [0.29, 0.717) is 23.6 Å². The quantitative estimate of drug-likeness (QED) is 0.532. The van der Waals surface area contributed by atoms with Crippen LogP contribution >= 0.6 is 0 Å². The van der Waals surface area contributed by atoms with Crippen molar-refractivity contribution in [3.63, 3.8) is 0 Å². The van der Waals surface area contributed by atoms with Crippen molar-refractivity contribution in [2.24, 2.45) is 0 Å². The van der Waals surface area contributed by atoms with Crippen LogP contribution < -0.4 is 16.3 Å². The molecule has 0 fully saturated rings. The summed E-state index contributed by atoms with van der Waals surface area (Å²) in [6.45, 7) is 0.440. The van der Waals surface area contributed by atoms with Crippen molar-refractivity contribution in [1.29, 1.82) is 0 Å². The smallest absolute Gasteiger partial charge is 0.350 e. The van der Waals surface area contributed by atoms with Crippen LogP contribution in [0.5, 0.6) is 0 Å². The number of benzene rings is 3. The van der Waals surface area contributed by atoms with E-state index < -0.39 is 5.69 Å². The minimum Gasteiger partial charge on any atom is -0.365 e. The Morgan fingerprint density at radius 1 is 0.862 bits per heavy atom. The maximum atomic E-state index is 12.7. The monoisotopic (exact) mass is 384 g/mol. The van der Waals surface area contributed by atoms with Gasteiger partial charge in [0.2, 0.25) is 5.91 Å². The molecule has 3 aromatic carbocycles. The van der Waals surface area contributed by atoms with Gasteiger partial charge in [-0.05, 0) is 29.8 Å². The van der Waals surface area contributed by atoms with E-state index in [0.717, 1.165) is 10.9 Å². The van der Waals surface area contributed by atoms with Gasteiger partial charge >= 0.3 is 5.69 Å². The van der Waals surface area contributed by atoms with Crippen LogP contribution in [0.25, 0.3) is 10.9 Å². The summed E-state index contributed by atoms with van der Waals surface area (Å²) >= 11 is 0. The largest absolute Gasteiger partial charge is 0.365 e. The van der Waals surface area contributed by atoms with Crippen LogP contribution in [0.4, 0.5) is 11.5 Å². The molecule has 6 heteroatoms. The molecular weight excluding hydrogens is 364 g/mol. The first-order chi connectivity index (χ1) is 14.2. The van der Waals surface area contributed by atoms with Gasteiger partial charge in [0.25, 0.3) is 0 Å². The number of para-hydroxylation sites is 2. The van der Waals surface area contributed by atoms with Crippen molar-refractivity contribution in [2.75, 3.05) is 10.6 Å². The van der Waals surface area contributed by atoms with Gasteiger partial charge in [0.15, 0.2) is 0 Å². The summed E-state index contributed by atoms with van der Waals surface area (Å²) in [5, 5.41) is 6.83. The minimum absolute atomic E-state index is 0.111. The highest BCUT2D eigenvalue weighted by atomic mass is 16.2. The van der Waals surface area contributed by atoms with E-state index in [9.17, 15) is 9.59 Å². The van der Waals surface area contributed by atoms with E-state index in [2.05, 4.69) is 15.6 Å². The molecule has 0 saturated heterocycles. The van der Waals surface area contributed by atoms with Crippen molar-refractivity contribution in [2.45, 2.75) is 13.1 Å². The lowest BCUT2D eigenvalue weighted by molar-refractivity contribution is -0.116. The molecule has 0 bridgehead atoms. The van der Waals surface area contributed by atoms with Crippen molar-refractivity contribution < 1.29 is 4.79 Å². The molecule has 0 unspecified atom stereocenters. The lowest BCUT2D eigenvalue weighted by Crippen LogP contribution is -2.30. The van der Waals surface area contributed by atoms with Crippen LogP contribution in [-0.2, 0) is 17.9 Å². The van der Waals surface area contributed by atoms with E-state index in [1.807, 2.05) is 72.8 Å². The summed E-state index contributed by atoms with van der Waals surface area (Å²) in [5.41, 5.74) is 1.96. The molecule has 1 heterocycles. The SMILES string of the molecule is O=C(Cn1c(=O)nc(NCc2ccccc2)c2ccccc21)Nc1ccccc1.